The van der Waals surface area contributed by atoms with Crippen molar-refractivity contribution in [1.29, 1.82) is 0 Å². The minimum absolute atomic E-state index is 0.127. The van der Waals surface area contributed by atoms with Crippen LogP contribution >= 0.6 is 0 Å². The normalized spacial score (nSPS) is 13.0. The first-order valence-electron chi connectivity index (χ1n) is 10.9. The van der Waals surface area contributed by atoms with Crippen molar-refractivity contribution < 1.29 is 9.53 Å². The molecule has 168 valence electrons. The second-order valence-corrected chi connectivity index (χ2v) is 10.2. The van der Waals surface area contributed by atoms with E-state index < -0.39 is 17.6 Å². The fourth-order valence-electron chi connectivity index (χ4n) is 3.29. The lowest BCUT2D eigenvalue weighted by atomic mass is 9.86. The summed E-state index contributed by atoms with van der Waals surface area (Å²) in [6.45, 7) is 12.1. The Bertz CT molecular complexity index is 1040. The molecule has 0 unspecified atom stereocenters. The SMILES string of the molecule is CC(C)(C)OC(=O)[C@@H](N)Cc1ccc(-c2ncc(-c3ccc(C(C)(C)C)cc3)cn2)cc1. The Labute approximate surface area is 191 Å². The Morgan fingerprint density at radius 2 is 1.38 bits per heavy atom. The standard InChI is InChI=1S/C27H33N3O2/c1-26(2,3)22-13-11-19(12-14-22)21-16-29-24(30-17-21)20-9-7-18(8-10-20)15-23(28)25(31)32-27(4,5)6/h7-14,16-17,23H,15,28H2,1-6H3/t23-/m0/s1. The van der Waals surface area contributed by atoms with Gasteiger partial charge in [0, 0.05) is 23.5 Å². The Hall–Kier alpha value is -3.05. The topological polar surface area (TPSA) is 78.1 Å². The van der Waals surface area contributed by atoms with Gasteiger partial charge in [0.15, 0.2) is 5.82 Å². The number of benzene rings is 2. The highest BCUT2D eigenvalue weighted by molar-refractivity contribution is 5.76. The Morgan fingerprint density at radius 1 is 0.844 bits per heavy atom. The number of esters is 1. The number of ether oxygens (including phenoxy) is 1. The molecule has 1 aromatic heterocycles. The summed E-state index contributed by atoms with van der Waals surface area (Å²) in [7, 11) is 0. The first kappa shape index (κ1) is 23.6. The monoisotopic (exact) mass is 431 g/mol. The molecule has 32 heavy (non-hydrogen) atoms. The molecule has 0 aliphatic carbocycles. The maximum Gasteiger partial charge on any atom is 0.323 e. The van der Waals surface area contributed by atoms with Crippen LogP contribution in [-0.4, -0.2) is 27.6 Å². The Balaban J connectivity index is 1.67. The molecular weight excluding hydrogens is 398 g/mol. The van der Waals surface area contributed by atoms with E-state index in [0.29, 0.717) is 12.2 Å². The zero-order valence-corrected chi connectivity index (χ0v) is 19.8. The summed E-state index contributed by atoms with van der Waals surface area (Å²) in [5.41, 5.74) is 10.8. The van der Waals surface area contributed by atoms with Crippen molar-refractivity contribution in [2.45, 2.75) is 65.0 Å². The summed E-state index contributed by atoms with van der Waals surface area (Å²) in [5.74, 6) is 0.263. The molecule has 2 N–H and O–H groups in total. The van der Waals surface area contributed by atoms with Crippen LogP contribution in [0, 0.1) is 0 Å². The van der Waals surface area contributed by atoms with E-state index in [1.807, 2.05) is 57.4 Å². The zero-order valence-electron chi connectivity index (χ0n) is 19.8. The maximum atomic E-state index is 12.1. The fraction of sp³-hybridized carbons (Fsp3) is 0.370. The molecule has 0 saturated heterocycles. The molecule has 0 radical (unpaired) electrons. The minimum Gasteiger partial charge on any atom is -0.459 e. The van der Waals surface area contributed by atoms with Crippen LogP contribution in [-0.2, 0) is 21.4 Å². The second-order valence-electron chi connectivity index (χ2n) is 10.2. The second kappa shape index (κ2) is 9.21. The number of hydrogen-bond donors (Lipinski definition) is 1. The average Bonchev–Trinajstić information content (AvgIpc) is 2.73. The molecule has 1 atom stereocenters. The highest BCUT2D eigenvalue weighted by Crippen LogP contribution is 2.26. The van der Waals surface area contributed by atoms with E-state index in [1.165, 1.54) is 5.56 Å². The van der Waals surface area contributed by atoms with Gasteiger partial charge < -0.3 is 10.5 Å². The lowest BCUT2D eigenvalue weighted by Gasteiger charge is -2.22. The van der Waals surface area contributed by atoms with Crippen LogP contribution in [0.5, 0.6) is 0 Å². The van der Waals surface area contributed by atoms with E-state index in [1.54, 1.807) is 0 Å². The molecule has 0 amide bonds. The van der Waals surface area contributed by atoms with Crippen molar-refractivity contribution in [3.8, 4) is 22.5 Å². The lowest BCUT2D eigenvalue weighted by Crippen LogP contribution is -2.38. The summed E-state index contributed by atoms with van der Waals surface area (Å²) in [5, 5.41) is 0. The van der Waals surface area contributed by atoms with Crippen LogP contribution in [0.4, 0.5) is 0 Å². The molecule has 0 fully saturated rings. The molecular formula is C27H33N3O2. The largest absolute Gasteiger partial charge is 0.459 e. The number of aromatic nitrogens is 2. The van der Waals surface area contributed by atoms with Gasteiger partial charge >= 0.3 is 5.97 Å². The average molecular weight is 432 g/mol. The summed E-state index contributed by atoms with van der Waals surface area (Å²) >= 11 is 0. The van der Waals surface area contributed by atoms with E-state index in [0.717, 1.165) is 22.3 Å². The van der Waals surface area contributed by atoms with Gasteiger partial charge in [-0.25, -0.2) is 9.97 Å². The van der Waals surface area contributed by atoms with Crippen molar-refractivity contribution in [1.82, 2.24) is 9.97 Å². The third-order valence-electron chi connectivity index (χ3n) is 5.11. The molecule has 0 aliphatic heterocycles. The zero-order chi connectivity index (χ0) is 23.5. The lowest BCUT2D eigenvalue weighted by molar-refractivity contribution is -0.156. The third-order valence-corrected chi connectivity index (χ3v) is 5.11. The molecule has 0 aliphatic rings. The molecule has 0 bridgehead atoms. The molecule has 3 aromatic rings. The van der Waals surface area contributed by atoms with Gasteiger partial charge in [0.1, 0.15) is 11.6 Å². The smallest absolute Gasteiger partial charge is 0.323 e. The number of nitrogens with zero attached hydrogens (tertiary/aromatic N) is 2. The summed E-state index contributed by atoms with van der Waals surface area (Å²) in [6, 6.07) is 15.6. The minimum atomic E-state index is -0.694. The Morgan fingerprint density at radius 3 is 1.88 bits per heavy atom. The van der Waals surface area contributed by atoms with Gasteiger partial charge in [-0.3, -0.25) is 4.79 Å². The van der Waals surface area contributed by atoms with Gasteiger partial charge in [0.25, 0.3) is 0 Å². The number of carbonyl (C=O) groups is 1. The summed E-state index contributed by atoms with van der Waals surface area (Å²) in [6.07, 6.45) is 4.11. The number of rotatable bonds is 5. The first-order valence-corrected chi connectivity index (χ1v) is 10.9. The van der Waals surface area contributed by atoms with Gasteiger partial charge in [-0.2, -0.15) is 0 Å². The van der Waals surface area contributed by atoms with E-state index in [2.05, 4.69) is 55.0 Å². The van der Waals surface area contributed by atoms with Crippen LogP contribution in [0.15, 0.2) is 60.9 Å². The van der Waals surface area contributed by atoms with Crippen LogP contribution in [0.1, 0.15) is 52.7 Å². The molecule has 3 rings (SSSR count). The van der Waals surface area contributed by atoms with Gasteiger partial charge in [-0.15, -0.1) is 0 Å². The third kappa shape index (κ3) is 6.24. The van der Waals surface area contributed by atoms with Crippen LogP contribution in [0.3, 0.4) is 0 Å². The number of hydrogen-bond acceptors (Lipinski definition) is 5. The number of nitrogens with two attached hydrogens (primary N) is 1. The first-order chi connectivity index (χ1) is 14.9. The molecule has 0 spiro atoms. The van der Waals surface area contributed by atoms with Crippen molar-refractivity contribution in [2.75, 3.05) is 0 Å². The highest BCUT2D eigenvalue weighted by Gasteiger charge is 2.22. The van der Waals surface area contributed by atoms with Crippen LogP contribution < -0.4 is 5.73 Å². The van der Waals surface area contributed by atoms with Crippen molar-refractivity contribution in [3.63, 3.8) is 0 Å². The van der Waals surface area contributed by atoms with Gasteiger partial charge in [0.05, 0.1) is 0 Å². The quantitative estimate of drug-likeness (QED) is 0.553. The molecule has 2 aromatic carbocycles. The van der Waals surface area contributed by atoms with Crippen LogP contribution in [0.25, 0.3) is 22.5 Å². The Kier molecular flexibility index (Phi) is 6.79. The van der Waals surface area contributed by atoms with E-state index in [9.17, 15) is 4.79 Å². The summed E-state index contributed by atoms with van der Waals surface area (Å²) in [4.78, 5) is 21.2. The summed E-state index contributed by atoms with van der Waals surface area (Å²) < 4.78 is 5.35. The predicted molar refractivity (Wildman–Crippen MR) is 129 cm³/mol. The number of carbonyl (C=O) groups excluding carboxylic acids is 1. The highest BCUT2D eigenvalue weighted by atomic mass is 16.6. The van der Waals surface area contributed by atoms with Gasteiger partial charge in [0.2, 0.25) is 0 Å². The molecule has 0 saturated carbocycles. The van der Waals surface area contributed by atoms with Gasteiger partial charge in [-0.1, -0.05) is 69.3 Å². The molecule has 5 nitrogen and oxygen atoms in total. The van der Waals surface area contributed by atoms with E-state index >= 15 is 0 Å². The molecule has 5 heteroatoms. The predicted octanol–water partition coefficient (Wildman–Crippen LogP) is 5.32. The van der Waals surface area contributed by atoms with E-state index in [-0.39, 0.29) is 5.41 Å². The van der Waals surface area contributed by atoms with Crippen LogP contribution in [0.2, 0.25) is 0 Å². The molecule has 1 heterocycles. The van der Waals surface area contributed by atoms with E-state index in [4.69, 9.17) is 10.5 Å². The fourth-order valence-corrected chi connectivity index (χ4v) is 3.29. The van der Waals surface area contributed by atoms with Crippen molar-refractivity contribution >= 4 is 5.97 Å². The van der Waals surface area contributed by atoms with Crippen molar-refractivity contribution in [3.05, 3.63) is 72.1 Å². The van der Waals surface area contributed by atoms with Crippen molar-refractivity contribution in [2.24, 2.45) is 5.73 Å². The van der Waals surface area contributed by atoms with Gasteiger partial charge in [-0.05, 0) is 49.3 Å². The maximum absolute atomic E-state index is 12.1.